The van der Waals surface area contributed by atoms with Crippen molar-refractivity contribution in [3.63, 3.8) is 0 Å². The van der Waals surface area contributed by atoms with Gasteiger partial charge in [0.25, 0.3) is 0 Å². The van der Waals surface area contributed by atoms with Gasteiger partial charge in [0, 0.05) is 6.54 Å². The highest BCUT2D eigenvalue weighted by Gasteiger charge is 2.46. The van der Waals surface area contributed by atoms with E-state index >= 15 is 0 Å². The highest BCUT2D eigenvalue weighted by atomic mass is 16.5. The maximum Gasteiger partial charge on any atom is 0.317 e. The van der Waals surface area contributed by atoms with Crippen LogP contribution >= 0.6 is 0 Å². The summed E-state index contributed by atoms with van der Waals surface area (Å²) in [5.74, 6) is 0.756. The molecule has 2 aliphatic rings. The molecule has 1 saturated heterocycles. The summed E-state index contributed by atoms with van der Waals surface area (Å²) in [7, 11) is 1.45. The summed E-state index contributed by atoms with van der Waals surface area (Å²) < 4.78 is 9.98. The molecule has 2 rings (SSSR count). The number of nitrogens with one attached hydrogen (secondary N) is 1. The van der Waals surface area contributed by atoms with Crippen LogP contribution in [-0.2, 0) is 14.3 Å². The Morgan fingerprint density at radius 3 is 2.65 bits per heavy atom. The molecule has 2 fully saturated rings. The molecule has 1 saturated carbocycles. The van der Waals surface area contributed by atoms with Crippen LogP contribution < -0.4 is 5.32 Å². The zero-order valence-corrected chi connectivity index (χ0v) is 10.7. The van der Waals surface area contributed by atoms with Gasteiger partial charge < -0.3 is 14.8 Å². The molecule has 1 aliphatic heterocycles. The Labute approximate surface area is 103 Å². The molecule has 0 aromatic rings. The third-order valence-electron chi connectivity index (χ3n) is 4.04. The quantitative estimate of drug-likeness (QED) is 0.563. The molecule has 1 N–H and O–H groups in total. The molecule has 1 aliphatic carbocycles. The fourth-order valence-electron chi connectivity index (χ4n) is 2.79. The van der Waals surface area contributed by atoms with Gasteiger partial charge in [-0.25, -0.2) is 0 Å². The van der Waals surface area contributed by atoms with Gasteiger partial charge in [0.05, 0.1) is 20.3 Å². The van der Waals surface area contributed by atoms with Gasteiger partial charge >= 0.3 is 5.97 Å². The van der Waals surface area contributed by atoms with Crippen molar-refractivity contribution in [3.05, 3.63) is 0 Å². The topological polar surface area (TPSA) is 47.6 Å². The van der Waals surface area contributed by atoms with Crippen molar-refractivity contribution in [2.75, 3.05) is 33.4 Å². The average Bonchev–Trinajstić information content (AvgIpc) is 2.79. The largest absolute Gasteiger partial charge is 0.468 e. The van der Waals surface area contributed by atoms with Crippen LogP contribution in [0.25, 0.3) is 0 Å². The van der Waals surface area contributed by atoms with E-state index in [4.69, 9.17) is 9.47 Å². The smallest absolute Gasteiger partial charge is 0.317 e. The summed E-state index contributed by atoms with van der Waals surface area (Å²) in [6.45, 7) is 2.68. The second-order valence-corrected chi connectivity index (χ2v) is 5.38. The van der Waals surface area contributed by atoms with E-state index in [2.05, 4.69) is 5.32 Å². The summed E-state index contributed by atoms with van der Waals surface area (Å²) in [6, 6.07) is 0. The predicted octanol–water partition coefficient (Wildman–Crippen LogP) is 1.35. The summed E-state index contributed by atoms with van der Waals surface area (Å²) in [4.78, 5) is 11.6. The minimum absolute atomic E-state index is 0.142. The van der Waals surface area contributed by atoms with Gasteiger partial charge in [-0.3, -0.25) is 4.79 Å². The summed E-state index contributed by atoms with van der Waals surface area (Å²) in [6.07, 6.45) is 6.78. The van der Waals surface area contributed by atoms with Gasteiger partial charge in [0.2, 0.25) is 0 Å². The van der Waals surface area contributed by atoms with Crippen molar-refractivity contribution in [1.82, 2.24) is 5.32 Å². The maximum absolute atomic E-state index is 11.6. The number of esters is 1. The molecule has 0 radical (unpaired) electrons. The summed E-state index contributed by atoms with van der Waals surface area (Å²) in [5.41, 5.74) is -0.412. The number of hydrogen-bond donors (Lipinski definition) is 1. The Morgan fingerprint density at radius 2 is 2.12 bits per heavy atom. The summed E-state index contributed by atoms with van der Waals surface area (Å²) >= 11 is 0. The zero-order chi connectivity index (χ0) is 12.1. The molecule has 0 spiro atoms. The van der Waals surface area contributed by atoms with Gasteiger partial charge in [0.15, 0.2) is 0 Å². The Balaban J connectivity index is 1.64. The summed E-state index contributed by atoms with van der Waals surface area (Å²) in [5, 5.41) is 3.39. The number of hydrogen-bond acceptors (Lipinski definition) is 4. The van der Waals surface area contributed by atoms with Crippen molar-refractivity contribution in [2.45, 2.75) is 32.1 Å². The molecular weight excluding hydrogens is 218 g/mol. The van der Waals surface area contributed by atoms with Crippen LogP contribution in [0.15, 0.2) is 0 Å². The van der Waals surface area contributed by atoms with E-state index < -0.39 is 5.41 Å². The first kappa shape index (κ1) is 12.8. The lowest BCUT2D eigenvalue weighted by atomic mass is 9.86. The molecule has 0 amide bonds. The number of carbonyl (C=O) groups is 1. The molecule has 0 bridgehead atoms. The first-order chi connectivity index (χ1) is 8.27. The molecule has 0 atom stereocenters. The minimum Gasteiger partial charge on any atom is -0.468 e. The van der Waals surface area contributed by atoms with Crippen LogP contribution in [0.3, 0.4) is 0 Å². The van der Waals surface area contributed by atoms with E-state index in [0.29, 0.717) is 19.8 Å². The zero-order valence-electron chi connectivity index (χ0n) is 10.7. The lowest BCUT2D eigenvalue weighted by molar-refractivity contribution is -0.182. The molecule has 4 heteroatoms. The minimum atomic E-state index is -0.412. The molecule has 98 valence electrons. The van der Waals surface area contributed by atoms with E-state index in [1.165, 1.54) is 39.2 Å². The van der Waals surface area contributed by atoms with Crippen molar-refractivity contribution in [2.24, 2.45) is 11.3 Å². The van der Waals surface area contributed by atoms with E-state index in [0.717, 1.165) is 12.5 Å². The Morgan fingerprint density at radius 1 is 1.41 bits per heavy atom. The number of methoxy groups -OCH3 is 1. The van der Waals surface area contributed by atoms with Crippen LogP contribution in [0.5, 0.6) is 0 Å². The molecule has 17 heavy (non-hydrogen) atoms. The molecular formula is C13H23NO3. The Bertz CT molecular complexity index is 257. The molecule has 1 heterocycles. The predicted molar refractivity (Wildman–Crippen MR) is 64.7 cm³/mol. The highest BCUT2D eigenvalue weighted by Crippen LogP contribution is 2.29. The second kappa shape index (κ2) is 5.83. The molecule has 0 aromatic carbocycles. The van der Waals surface area contributed by atoms with Crippen LogP contribution in [0.1, 0.15) is 32.1 Å². The van der Waals surface area contributed by atoms with E-state index in [1.54, 1.807) is 0 Å². The van der Waals surface area contributed by atoms with E-state index in [1.807, 2.05) is 0 Å². The standard InChI is InChI=1S/C13H23NO3/c1-16-12(15)13(9-17-10-13)8-14-7-6-11-4-2-3-5-11/h11,14H,2-10H2,1H3. The van der Waals surface area contributed by atoms with Crippen LogP contribution in [0, 0.1) is 11.3 Å². The van der Waals surface area contributed by atoms with Gasteiger partial charge in [-0.1, -0.05) is 25.7 Å². The highest BCUT2D eigenvalue weighted by molar-refractivity contribution is 5.78. The van der Waals surface area contributed by atoms with E-state index in [9.17, 15) is 4.79 Å². The number of ether oxygens (including phenoxy) is 2. The molecule has 4 nitrogen and oxygen atoms in total. The Kier molecular flexibility index (Phi) is 4.40. The third-order valence-corrected chi connectivity index (χ3v) is 4.04. The van der Waals surface area contributed by atoms with Crippen LogP contribution in [0.4, 0.5) is 0 Å². The third kappa shape index (κ3) is 2.99. The molecule has 0 unspecified atom stereocenters. The van der Waals surface area contributed by atoms with Crippen molar-refractivity contribution in [1.29, 1.82) is 0 Å². The monoisotopic (exact) mass is 241 g/mol. The van der Waals surface area contributed by atoms with Crippen molar-refractivity contribution in [3.8, 4) is 0 Å². The first-order valence-corrected chi connectivity index (χ1v) is 6.64. The SMILES string of the molecule is COC(=O)C1(CNCCC2CCCC2)COC1. The number of rotatable bonds is 6. The average molecular weight is 241 g/mol. The lowest BCUT2D eigenvalue weighted by Gasteiger charge is -2.38. The fourth-order valence-corrected chi connectivity index (χ4v) is 2.79. The first-order valence-electron chi connectivity index (χ1n) is 6.64. The normalized spacial score (nSPS) is 23.4. The maximum atomic E-state index is 11.6. The van der Waals surface area contributed by atoms with Gasteiger partial charge in [-0.05, 0) is 18.9 Å². The lowest BCUT2D eigenvalue weighted by Crippen LogP contribution is -2.55. The van der Waals surface area contributed by atoms with Gasteiger partial charge in [0.1, 0.15) is 5.41 Å². The number of carbonyl (C=O) groups excluding carboxylic acids is 1. The van der Waals surface area contributed by atoms with Crippen molar-refractivity contribution < 1.29 is 14.3 Å². The van der Waals surface area contributed by atoms with E-state index in [-0.39, 0.29) is 5.97 Å². The van der Waals surface area contributed by atoms with Crippen molar-refractivity contribution >= 4 is 5.97 Å². The molecule has 0 aromatic heterocycles. The van der Waals surface area contributed by atoms with Crippen LogP contribution in [0.2, 0.25) is 0 Å². The Hall–Kier alpha value is -0.610. The fraction of sp³-hybridized carbons (Fsp3) is 0.923. The second-order valence-electron chi connectivity index (χ2n) is 5.38. The van der Waals surface area contributed by atoms with Crippen LogP contribution in [-0.4, -0.2) is 39.4 Å². The van der Waals surface area contributed by atoms with Gasteiger partial charge in [-0.2, -0.15) is 0 Å². The van der Waals surface area contributed by atoms with Gasteiger partial charge in [-0.15, -0.1) is 0 Å².